The quantitative estimate of drug-likeness (QED) is 0.746. The maximum absolute atomic E-state index is 12.2. The van der Waals surface area contributed by atoms with Crippen LogP contribution < -0.4 is 5.73 Å². The molecule has 0 radical (unpaired) electrons. The van der Waals surface area contributed by atoms with E-state index in [1.54, 1.807) is 11.9 Å². The zero-order chi connectivity index (χ0) is 12.5. The van der Waals surface area contributed by atoms with Crippen molar-refractivity contribution in [2.45, 2.75) is 33.0 Å². The van der Waals surface area contributed by atoms with E-state index < -0.39 is 0 Å². The molecule has 1 fully saturated rings. The van der Waals surface area contributed by atoms with Gasteiger partial charge in [-0.05, 0) is 19.8 Å². The summed E-state index contributed by atoms with van der Waals surface area (Å²) in [5.41, 5.74) is 5.43. The van der Waals surface area contributed by atoms with E-state index in [2.05, 4.69) is 0 Å². The van der Waals surface area contributed by atoms with Crippen LogP contribution in [0.3, 0.4) is 0 Å². The van der Waals surface area contributed by atoms with Crippen molar-refractivity contribution in [3.63, 3.8) is 0 Å². The minimum atomic E-state index is -0.0886. The molecule has 0 aromatic heterocycles. The van der Waals surface area contributed by atoms with Crippen molar-refractivity contribution in [2.24, 2.45) is 17.6 Å². The Morgan fingerprint density at radius 2 is 1.94 bits per heavy atom. The van der Waals surface area contributed by atoms with E-state index in [1.165, 1.54) is 0 Å². The number of hydrogen-bond acceptors (Lipinski definition) is 3. The summed E-state index contributed by atoms with van der Waals surface area (Å²) in [6, 6.07) is 0. The second-order valence-corrected chi connectivity index (χ2v) is 5.12. The number of rotatable bonds is 3. The molecule has 16 heavy (non-hydrogen) atoms. The van der Waals surface area contributed by atoms with Gasteiger partial charge in [-0.25, -0.2) is 0 Å². The number of hydrogen-bond donors (Lipinski definition) is 1. The first kappa shape index (κ1) is 13.4. The van der Waals surface area contributed by atoms with E-state index >= 15 is 0 Å². The van der Waals surface area contributed by atoms with Gasteiger partial charge in [0.2, 0.25) is 5.91 Å². The lowest BCUT2D eigenvalue weighted by Gasteiger charge is -2.24. The first-order valence-corrected chi connectivity index (χ1v) is 5.94. The average molecular weight is 244 g/mol. The summed E-state index contributed by atoms with van der Waals surface area (Å²) in [6.07, 6.45) is 0.0912. The summed E-state index contributed by atoms with van der Waals surface area (Å²) in [6.45, 7) is 6.32. The molecule has 2 N–H and O–H groups in total. The molecule has 5 heteroatoms. The van der Waals surface area contributed by atoms with Gasteiger partial charge in [-0.1, -0.05) is 19.1 Å². The highest BCUT2D eigenvalue weighted by molar-refractivity contribution is 7.80. The van der Waals surface area contributed by atoms with Gasteiger partial charge >= 0.3 is 0 Å². The largest absolute Gasteiger partial charge is 0.392 e. The zero-order valence-corrected chi connectivity index (χ0v) is 11.1. The van der Waals surface area contributed by atoms with Crippen LogP contribution in [0.5, 0.6) is 0 Å². The van der Waals surface area contributed by atoms with E-state index in [1.807, 2.05) is 20.8 Å². The third-order valence-corrected chi connectivity index (χ3v) is 3.43. The van der Waals surface area contributed by atoms with Gasteiger partial charge in [0, 0.05) is 7.05 Å². The topological polar surface area (TPSA) is 55.6 Å². The molecule has 0 aromatic rings. The average Bonchev–Trinajstić information content (AvgIpc) is 2.39. The Kier molecular flexibility index (Phi) is 4.27. The molecule has 0 saturated carbocycles. The molecule has 1 heterocycles. The Balaban J connectivity index is 2.69. The van der Waals surface area contributed by atoms with Gasteiger partial charge in [0.15, 0.2) is 0 Å². The number of carbonyl (C=O) groups is 1. The molecule has 92 valence electrons. The maximum Gasteiger partial charge on any atom is 0.228 e. The summed E-state index contributed by atoms with van der Waals surface area (Å²) in [5, 5.41) is 0. The number of ether oxygens (including phenoxy) is 1. The summed E-state index contributed by atoms with van der Waals surface area (Å²) in [4.78, 5) is 14.1. The predicted molar refractivity (Wildman–Crippen MR) is 67.1 cm³/mol. The van der Waals surface area contributed by atoms with Crippen LogP contribution in [0.15, 0.2) is 0 Å². The molecule has 0 aliphatic carbocycles. The second kappa shape index (κ2) is 5.10. The fourth-order valence-corrected chi connectivity index (χ4v) is 2.45. The molecule has 0 bridgehead atoms. The minimum Gasteiger partial charge on any atom is -0.392 e. The maximum atomic E-state index is 12.2. The summed E-state index contributed by atoms with van der Waals surface area (Å²) in [7, 11) is 1.73. The lowest BCUT2D eigenvalue weighted by molar-refractivity contribution is -0.135. The van der Waals surface area contributed by atoms with Gasteiger partial charge < -0.3 is 15.4 Å². The molecule has 1 rings (SSSR count). The molecule has 0 spiro atoms. The molecule has 0 aromatic carbocycles. The van der Waals surface area contributed by atoms with Crippen molar-refractivity contribution in [3.8, 4) is 0 Å². The molecule has 1 amide bonds. The van der Waals surface area contributed by atoms with Crippen LogP contribution in [0, 0.1) is 11.8 Å². The number of likely N-dealkylation sites (N-methyl/N-ethyl adjacent to an activating group) is 1. The van der Waals surface area contributed by atoms with E-state index in [0.29, 0.717) is 11.5 Å². The highest BCUT2D eigenvalue weighted by atomic mass is 32.1. The molecular weight excluding hydrogens is 224 g/mol. The predicted octanol–water partition coefficient (Wildman–Crippen LogP) is 0.790. The monoisotopic (exact) mass is 244 g/mol. The van der Waals surface area contributed by atoms with Gasteiger partial charge in [0.1, 0.15) is 0 Å². The summed E-state index contributed by atoms with van der Waals surface area (Å²) >= 11 is 4.80. The Morgan fingerprint density at radius 3 is 2.31 bits per heavy atom. The van der Waals surface area contributed by atoms with E-state index in [4.69, 9.17) is 22.7 Å². The smallest absolute Gasteiger partial charge is 0.228 e. The van der Waals surface area contributed by atoms with Gasteiger partial charge in [-0.15, -0.1) is 0 Å². The van der Waals surface area contributed by atoms with Crippen molar-refractivity contribution in [3.05, 3.63) is 0 Å². The molecule has 1 saturated heterocycles. The van der Waals surface area contributed by atoms with Crippen LogP contribution in [0.4, 0.5) is 0 Å². The zero-order valence-electron chi connectivity index (χ0n) is 10.3. The van der Waals surface area contributed by atoms with Crippen molar-refractivity contribution in [2.75, 3.05) is 13.6 Å². The van der Waals surface area contributed by atoms with Gasteiger partial charge in [-0.2, -0.15) is 0 Å². The Morgan fingerprint density at radius 1 is 1.38 bits per heavy atom. The SMILES string of the molecule is CC1OC(C)C(C(=O)N(C)CC(N)=S)C1C. The van der Waals surface area contributed by atoms with Gasteiger partial charge in [0.25, 0.3) is 0 Å². The van der Waals surface area contributed by atoms with Crippen molar-refractivity contribution in [1.82, 2.24) is 4.90 Å². The molecule has 1 aliphatic rings. The molecule has 4 nitrogen and oxygen atoms in total. The van der Waals surface area contributed by atoms with Crippen LogP contribution >= 0.6 is 12.2 Å². The van der Waals surface area contributed by atoms with Crippen LogP contribution in [0.25, 0.3) is 0 Å². The number of amides is 1. The fourth-order valence-electron chi connectivity index (χ4n) is 2.26. The summed E-state index contributed by atoms with van der Waals surface area (Å²) < 4.78 is 5.65. The first-order chi connectivity index (χ1) is 7.34. The van der Waals surface area contributed by atoms with Gasteiger partial charge in [-0.3, -0.25) is 4.79 Å². The van der Waals surface area contributed by atoms with Crippen LogP contribution in [-0.2, 0) is 9.53 Å². The first-order valence-electron chi connectivity index (χ1n) is 5.53. The number of carbonyl (C=O) groups excluding carboxylic acids is 1. The third-order valence-electron chi connectivity index (χ3n) is 3.30. The van der Waals surface area contributed by atoms with Crippen LogP contribution in [-0.4, -0.2) is 41.6 Å². The third kappa shape index (κ3) is 2.71. The summed E-state index contributed by atoms with van der Waals surface area (Å²) in [5.74, 6) is 0.211. The van der Waals surface area contributed by atoms with Gasteiger partial charge in [0.05, 0.1) is 29.7 Å². The van der Waals surface area contributed by atoms with E-state index in [9.17, 15) is 4.79 Å². The molecular formula is C11H20N2O2S. The van der Waals surface area contributed by atoms with Crippen molar-refractivity contribution in [1.29, 1.82) is 0 Å². The molecule has 4 unspecified atom stereocenters. The minimum absolute atomic E-state index is 0.0358. The Hall–Kier alpha value is -0.680. The number of nitrogens with zero attached hydrogens (tertiary/aromatic N) is 1. The van der Waals surface area contributed by atoms with E-state index in [0.717, 1.165) is 0 Å². The Labute approximate surface area is 102 Å². The Bertz CT molecular complexity index is 296. The van der Waals surface area contributed by atoms with Crippen LogP contribution in [0.2, 0.25) is 0 Å². The molecule has 4 atom stereocenters. The lowest BCUT2D eigenvalue weighted by atomic mass is 9.88. The highest BCUT2D eigenvalue weighted by Crippen LogP contribution is 2.33. The number of nitrogens with two attached hydrogens (primary N) is 1. The lowest BCUT2D eigenvalue weighted by Crippen LogP contribution is -2.42. The highest BCUT2D eigenvalue weighted by Gasteiger charge is 2.42. The van der Waals surface area contributed by atoms with Crippen LogP contribution in [0.1, 0.15) is 20.8 Å². The normalized spacial score (nSPS) is 33.8. The fraction of sp³-hybridized carbons (Fsp3) is 0.818. The van der Waals surface area contributed by atoms with E-state index in [-0.39, 0.29) is 30.0 Å². The molecule has 1 aliphatic heterocycles. The number of thiocarbonyl (C=S) groups is 1. The van der Waals surface area contributed by atoms with Crippen molar-refractivity contribution < 1.29 is 9.53 Å². The standard InChI is InChI=1S/C11H20N2O2S/c1-6-7(2)15-8(3)10(6)11(14)13(4)5-9(12)16/h6-8,10H,5H2,1-4H3,(H2,12,16). The van der Waals surface area contributed by atoms with Crippen molar-refractivity contribution >= 4 is 23.1 Å². The second-order valence-electron chi connectivity index (χ2n) is 4.59.